The van der Waals surface area contributed by atoms with Gasteiger partial charge in [-0.1, -0.05) is 31.4 Å². The molecular formula is C20H30N2O2. The topological polar surface area (TPSA) is 41.6 Å². The van der Waals surface area contributed by atoms with Gasteiger partial charge in [-0.15, -0.1) is 0 Å². The summed E-state index contributed by atoms with van der Waals surface area (Å²) in [5.74, 6) is 1.37. The summed E-state index contributed by atoms with van der Waals surface area (Å²) in [6.45, 7) is 2.95. The summed E-state index contributed by atoms with van der Waals surface area (Å²) in [4.78, 5) is 15.0. The number of ether oxygens (including phenoxy) is 1. The second-order valence-corrected chi connectivity index (χ2v) is 7.11. The van der Waals surface area contributed by atoms with Crippen LogP contribution in [0.15, 0.2) is 24.3 Å². The van der Waals surface area contributed by atoms with Gasteiger partial charge in [-0.2, -0.15) is 0 Å². The fourth-order valence-corrected chi connectivity index (χ4v) is 4.04. The molecule has 1 N–H and O–H groups in total. The van der Waals surface area contributed by atoms with Gasteiger partial charge in [0.05, 0.1) is 13.2 Å². The highest BCUT2D eigenvalue weighted by Gasteiger charge is 2.26. The van der Waals surface area contributed by atoms with E-state index in [1.807, 2.05) is 12.1 Å². The Labute approximate surface area is 145 Å². The number of hydrogen-bond donors (Lipinski definition) is 1. The molecule has 1 aliphatic carbocycles. The van der Waals surface area contributed by atoms with E-state index in [2.05, 4.69) is 22.3 Å². The zero-order valence-electron chi connectivity index (χ0n) is 14.8. The minimum absolute atomic E-state index is 0.230. The number of methoxy groups -OCH3 is 1. The van der Waals surface area contributed by atoms with Crippen LogP contribution in [0.3, 0.4) is 0 Å². The van der Waals surface area contributed by atoms with Crippen molar-refractivity contribution in [2.24, 2.45) is 5.92 Å². The molecular weight excluding hydrogens is 300 g/mol. The first kappa shape index (κ1) is 17.3. The van der Waals surface area contributed by atoms with E-state index in [1.165, 1.54) is 37.7 Å². The highest BCUT2D eigenvalue weighted by atomic mass is 16.5. The number of nitrogens with one attached hydrogen (secondary N) is 1. The van der Waals surface area contributed by atoms with Gasteiger partial charge in [0.1, 0.15) is 5.75 Å². The Bertz CT molecular complexity index is 517. The highest BCUT2D eigenvalue weighted by molar-refractivity contribution is 5.78. The van der Waals surface area contributed by atoms with Crippen LogP contribution in [0.5, 0.6) is 5.75 Å². The molecule has 1 heterocycles. The maximum atomic E-state index is 12.5. The summed E-state index contributed by atoms with van der Waals surface area (Å²) >= 11 is 0. The predicted molar refractivity (Wildman–Crippen MR) is 96.1 cm³/mol. The summed E-state index contributed by atoms with van der Waals surface area (Å²) in [7, 11) is 1.69. The molecule has 132 valence electrons. The number of nitrogens with zero attached hydrogens (tertiary/aromatic N) is 1. The van der Waals surface area contributed by atoms with Gasteiger partial charge in [0.15, 0.2) is 0 Å². The van der Waals surface area contributed by atoms with Crippen LogP contribution >= 0.6 is 0 Å². The molecule has 2 fully saturated rings. The average Bonchev–Trinajstić information content (AvgIpc) is 3.17. The Morgan fingerprint density at radius 2 is 1.79 bits per heavy atom. The van der Waals surface area contributed by atoms with Gasteiger partial charge in [-0.25, -0.2) is 0 Å². The van der Waals surface area contributed by atoms with Crippen molar-refractivity contribution in [1.82, 2.24) is 10.2 Å². The first-order valence-corrected chi connectivity index (χ1v) is 9.43. The number of likely N-dealkylation sites (tertiary alicyclic amines) is 1. The van der Waals surface area contributed by atoms with Gasteiger partial charge in [0.25, 0.3) is 0 Å². The molecule has 0 unspecified atom stereocenters. The van der Waals surface area contributed by atoms with Crippen LogP contribution < -0.4 is 10.1 Å². The molecule has 1 aliphatic heterocycles. The van der Waals surface area contributed by atoms with Gasteiger partial charge in [0.2, 0.25) is 5.91 Å². The van der Waals surface area contributed by atoms with E-state index in [0.717, 1.165) is 31.7 Å². The lowest BCUT2D eigenvalue weighted by atomic mass is 9.88. The minimum atomic E-state index is 0.230. The summed E-state index contributed by atoms with van der Waals surface area (Å²) < 4.78 is 5.27. The zero-order chi connectivity index (χ0) is 16.8. The number of benzene rings is 1. The van der Waals surface area contributed by atoms with Crippen LogP contribution in [-0.4, -0.2) is 37.6 Å². The maximum absolute atomic E-state index is 12.5. The second kappa shape index (κ2) is 8.52. The van der Waals surface area contributed by atoms with Gasteiger partial charge < -0.3 is 10.1 Å². The molecule has 4 heteroatoms. The zero-order valence-corrected chi connectivity index (χ0v) is 14.8. The Morgan fingerprint density at radius 1 is 1.12 bits per heavy atom. The molecule has 1 saturated heterocycles. The summed E-state index contributed by atoms with van der Waals surface area (Å²) in [6, 6.07) is 8.57. The van der Waals surface area contributed by atoms with Crippen molar-refractivity contribution in [2.75, 3.05) is 26.7 Å². The highest BCUT2D eigenvalue weighted by Crippen LogP contribution is 2.27. The normalized spacial score (nSPS) is 20.7. The molecule has 0 spiro atoms. The van der Waals surface area contributed by atoms with E-state index >= 15 is 0 Å². The van der Waals surface area contributed by atoms with E-state index in [4.69, 9.17) is 4.74 Å². The molecule has 0 bridgehead atoms. The minimum Gasteiger partial charge on any atom is -0.497 e. The molecule has 4 nitrogen and oxygen atoms in total. The van der Waals surface area contributed by atoms with Crippen molar-refractivity contribution in [1.29, 1.82) is 0 Å². The molecule has 0 radical (unpaired) electrons. The third kappa shape index (κ3) is 4.29. The Kier molecular flexibility index (Phi) is 6.13. The van der Waals surface area contributed by atoms with Gasteiger partial charge in [0, 0.05) is 12.5 Å². The Morgan fingerprint density at radius 3 is 2.42 bits per heavy atom. The van der Waals surface area contributed by atoms with Crippen LogP contribution in [0.4, 0.5) is 0 Å². The number of carbonyl (C=O) groups is 1. The molecule has 1 atom stereocenters. The average molecular weight is 330 g/mol. The molecule has 1 saturated carbocycles. The van der Waals surface area contributed by atoms with E-state index in [9.17, 15) is 4.79 Å². The number of hydrogen-bond acceptors (Lipinski definition) is 3. The molecule has 1 amide bonds. The molecule has 1 aromatic carbocycles. The summed E-state index contributed by atoms with van der Waals surface area (Å²) in [5, 5.41) is 3.24. The standard InChI is InChI=1S/C20H30N2O2/c1-24-18-11-9-16(10-12-18)19(22-13-5-6-14-22)15-21-20(23)17-7-3-2-4-8-17/h9-12,17,19H,2-8,13-15H2,1H3,(H,21,23)/t19-/m1/s1. The lowest BCUT2D eigenvalue weighted by Crippen LogP contribution is -2.39. The fourth-order valence-electron chi connectivity index (χ4n) is 4.04. The van der Waals surface area contributed by atoms with Crippen molar-refractivity contribution < 1.29 is 9.53 Å². The van der Waals surface area contributed by atoms with Crippen LogP contribution in [0.1, 0.15) is 56.6 Å². The van der Waals surface area contributed by atoms with E-state index in [0.29, 0.717) is 6.54 Å². The summed E-state index contributed by atoms with van der Waals surface area (Å²) in [5.41, 5.74) is 1.27. The fraction of sp³-hybridized carbons (Fsp3) is 0.650. The number of amides is 1. The first-order chi connectivity index (χ1) is 11.8. The molecule has 1 aromatic rings. The van der Waals surface area contributed by atoms with E-state index < -0.39 is 0 Å². The monoisotopic (exact) mass is 330 g/mol. The molecule has 3 rings (SSSR count). The van der Waals surface area contributed by atoms with Crippen molar-refractivity contribution in [2.45, 2.75) is 51.0 Å². The number of rotatable bonds is 6. The Balaban J connectivity index is 1.64. The van der Waals surface area contributed by atoms with Crippen LogP contribution in [0.2, 0.25) is 0 Å². The summed E-state index contributed by atoms with van der Waals surface area (Å²) in [6.07, 6.45) is 8.31. The maximum Gasteiger partial charge on any atom is 0.223 e. The Hall–Kier alpha value is -1.55. The quantitative estimate of drug-likeness (QED) is 0.867. The van der Waals surface area contributed by atoms with Crippen LogP contribution in [0, 0.1) is 5.92 Å². The number of carbonyl (C=O) groups excluding carboxylic acids is 1. The van der Waals surface area contributed by atoms with Crippen molar-refractivity contribution in [3.8, 4) is 5.75 Å². The largest absolute Gasteiger partial charge is 0.497 e. The lowest BCUT2D eigenvalue weighted by Gasteiger charge is -2.29. The van der Waals surface area contributed by atoms with Gasteiger partial charge >= 0.3 is 0 Å². The molecule has 2 aliphatic rings. The molecule has 24 heavy (non-hydrogen) atoms. The van der Waals surface area contributed by atoms with E-state index in [-0.39, 0.29) is 17.9 Å². The van der Waals surface area contributed by atoms with E-state index in [1.54, 1.807) is 7.11 Å². The molecule has 0 aromatic heterocycles. The lowest BCUT2D eigenvalue weighted by molar-refractivity contribution is -0.126. The van der Waals surface area contributed by atoms with Crippen LogP contribution in [0.25, 0.3) is 0 Å². The first-order valence-electron chi connectivity index (χ1n) is 9.43. The third-order valence-corrected chi connectivity index (χ3v) is 5.53. The van der Waals surface area contributed by atoms with Crippen molar-refractivity contribution >= 4 is 5.91 Å². The predicted octanol–water partition coefficient (Wildman–Crippen LogP) is 3.53. The van der Waals surface area contributed by atoms with Crippen molar-refractivity contribution in [3.05, 3.63) is 29.8 Å². The SMILES string of the molecule is COc1ccc([C@@H](CNC(=O)C2CCCCC2)N2CCCC2)cc1. The smallest absolute Gasteiger partial charge is 0.223 e. The van der Waals surface area contributed by atoms with Gasteiger partial charge in [-0.3, -0.25) is 9.69 Å². The van der Waals surface area contributed by atoms with Crippen molar-refractivity contribution in [3.63, 3.8) is 0 Å². The van der Waals surface area contributed by atoms with Crippen LogP contribution in [-0.2, 0) is 4.79 Å². The second-order valence-electron chi connectivity index (χ2n) is 7.11. The van der Waals surface area contributed by atoms with Gasteiger partial charge in [-0.05, 0) is 56.5 Å². The third-order valence-electron chi connectivity index (χ3n) is 5.53.